The number of carbonyl (C=O) groups is 1. The van der Waals surface area contributed by atoms with E-state index < -0.39 is 0 Å². The van der Waals surface area contributed by atoms with Crippen molar-refractivity contribution < 1.29 is 14.1 Å². The van der Waals surface area contributed by atoms with Gasteiger partial charge in [0.25, 0.3) is 0 Å². The molecule has 0 bridgehead atoms. The van der Waals surface area contributed by atoms with Crippen LogP contribution in [0.4, 0.5) is 0 Å². The molecule has 4 rings (SSSR count). The number of likely N-dealkylation sites (tertiary alicyclic amines) is 1. The first kappa shape index (κ1) is 18.2. The predicted molar refractivity (Wildman–Crippen MR) is 97.1 cm³/mol. The number of methoxy groups -OCH3 is 1. The molecule has 2 fully saturated rings. The lowest BCUT2D eigenvalue weighted by molar-refractivity contribution is -0.133. The number of rotatable bonds is 8. The van der Waals surface area contributed by atoms with Crippen LogP contribution in [0.2, 0.25) is 0 Å². The van der Waals surface area contributed by atoms with Crippen LogP contribution in [0.5, 0.6) is 0 Å². The van der Waals surface area contributed by atoms with Crippen LogP contribution < -0.4 is 0 Å². The maximum absolute atomic E-state index is 12.6. The minimum absolute atomic E-state index is 0.159. The molecule has 1 saturated carbocycles. The molecule has 2 aromatic rings. The summed E-state index contributed by atoms with van der Waals surface area (Å²) < 4.78 is 12.8. The SMILES string of the molecule is COCCC1(c2noc(C3CC3)n2)CCN(C(=O)CCn2ccnc2)CC1. The largest absolute Gasteiger partial charge is 0.385 e. The Balaban J connectivity index is 1.38. The van der Waals surface area contributed by atoms with Gasteiger partial charge in [-0.2, -0.15) is 4.98 Å². The average molecular weight is 373 g/mol. The number of aromatic nitrogens is 4. The Kier molecular flexibility index (Phi) is 5.24. The number of hydrogen-bond acceptors (Lipinski definition) is 6. The van der Waals surface area contributed by atoms with Crippen molar-refractivity contribution >= 4 is 5.91 Å². The van der Waals surface area contributed by atoms with E-state index in [0.717, 1.165) is 56.9 Å². The van der Waals surface area contributed by atoms with Crippen molar-refractivity contribution in [3.63, 3.8) is 0 Å². The predicted octanol–water partition coefficient (Wildman–Crippen LogP) is 2.13. The van der Waals surface area contributed by atoms with Crippen molar-refractivity contribution in [2.24, 2.45) is 0 Å². The summed E-state index contributed by atoms with van der Waals surface area (Å²) in [6.45, 7) is 2.77. The molecule has 0 aromatic carbocycles. The molecule has 1 aliphatic carbocycles. The zero-order chi connectivity index (χ0) is 18.7. The molecule has 27 heavy (non-hydrogen) atoms. The second kappa shape index (κ2) is 7.80. The van der Waals surface area contributed by atoms with Gasteiger partial charge in [0, 0.05) is 63.5 Å². The molecule has 3 heterocycles. The van der Waals surface area contributed by atoms with Crippen molar-refractivity contribution in [2.75, 3.05) is 26.8 Å². The highest BCUT2D eigenvalue weighted by Crippen LogP contribution is 2.42. The van der Waals surface area contributed by atoms with Gasteiger partial charge in [-0.15, -0.1) is 0 Å². The zero-order valence-electron chi connectivity index (χ0n) is 15.8. The van der Waals surface area contributed by atoms with Gasteiger partial charge in [-0.05, 0) is 32.1 Å². The second-order valence-corrected chi connectivity index (χ2v) is 7.68. The van der Waals surface area contributed by atoms with Gasteiger partial charge in [0.2, 0.25) is 11.8 Å². The van der Waals surface area contributed by atoms with Crippen LogP contribution in [0, 0.1) is 0 Å². The lowest BCUT2D eigenvalue weighted by Crippen LogP contribution is -2.46. The van der Waals surface area contributed by atoms with Crippen molar-refractivity contribution in [1.82, 2.24) is 24.6 Å². The second-order valence-electron chi connectivity index (χ2n) is 7.68. The monoisotopic (exact) mass is 373 g/mol. The third-order valence-electron chi connectivity index (χ3n) is 5.84. The highest BCUT2D eigenvalue weighted by Gasteiger charge is 2.42. The average Bonchev–Trinajstić information content (AvgIpc) is 3.20. The van der Waals surface area contributed by atoms with Gasteiger partial charge in [0.15, 0.2) is 5.82 Å². The number of imidazole rings is 1. The van der Waals surface area contributed by atoms with Crippen molar-refractivity contribution in [3.8, 4) is 0 Å². The normalized spacial score (nSPS) is 19.4. The minimum atomic E-state index is -0.159. The molecular formula is C19H27N5O3. The summed E-state index contributed by atoms with van der Waals surface area (Å²) in [4.78, 5) is 23.3. The molecule has 0 N–H and O–H groups in total. The summed E-state index contributed by atoms with van der Waals surface area (Å²) >= 11 is 0. The van der Waals surface area contributed by atoms with Gasteiger partial charge in [-0.1, -0.05) is 5.16 Å². The smallest absolute Gasteiger partial charge is 0.229 e. The minimum Gasteiger partial charge on any atom is -0.385 e. The van der Waals surface area contributed by atoms with E-state index in [0.29, 0.717) is 25.5 Å². The van der Waals surface area contributed by atoms with Crippen molar-refractivity contribution in [2.45, 2.75) is 56.4 Å². The van der Waals surface area contributed by atoms with Gasteiger partial charge in [0.05, 0.1) is 6.33 Å². The molecule has 0 atom stereocenters. The molecule has 2 aliphatic rings. The van der Waals surface area contributed by atoms with Crippen LogP contribution >= 0.6 is 0 Å². The number of amides is 1. The van der Waals surface area contributed by atoms with Crippen molar-refractivity contribution in [1.29, 1.82) is 0 Å². The van der Waals surface area contributed by atoms with E-state index in [1.165, 1.54) is 0 Å². The van der Waals surface area contributed by atoms with Gasteiger partial charge >= 0.3 is 0 Å². The summed E-state index contributed by atoms with van der Waals surface area (Å²) in [5, 5.41) is 4.31. The molecule has 0 unspecified atom stereocenters. The van der Waals surface area contributed by atoms with E-state index in [2.05, 4.69) is 10.1 Å². The highest BCUT2D eigenvalue weighted by molar-refractivity contribution is 5.76. The molecule has 2 aromatic heterocycles. The number of hydrogen-bond donors (Lipinski definition) is 0. The Morgan fingerprint density at radius 1 is 1.37 bits per heavy atom. The summed E-state index contributed by atoms with van der Waals surface area (Å²) in [7, 11) is 1.72. The zero-order valence-corrected chi connectivity index (χ0v) is 15.8. The lowest BCUT2D eigenvalue weighted by atomic mass is 9.75. The molecular weight excluding hydrogens is 346 g/mol. The Labute approximate surface area is 158 Å². The van der Waals surface area contributed by atoms with Crippen molar-refractivity contribution in [3.05, 3.63) is 30.4 Å². The van der Waals surface area contributed by atoms with Crippen LogP contribution in [0.15, 0.2) is 23.2 Å². The fourth-order valence-electron chi connectivity index (χ4n) is 3.82. The van der Waals surface area contributed by atoms with E-state index in [1.807, 2.05) is 15.7 Å². The summed E-state index contributed by atoms with van der Waals surface area (Å²) in [5.41, 5.74) is -0.159. The highest BCUT2D eigenvalue weighted by atomic mass is 16.5. The Morgan fingerprint density at radius 2 is 2.19 bits per heavy atom. The van der Waals surface area contributed by atoms with Crippen LogP contribution in [0.25, 0.3) is 0 Å². The number of ether oxygens (including phenoxy) is 1. The van der Waals surface area contributed by atoms with Crippen LogP contribution in [0.3, 0.4) is 0 Å². The quantitative estimate of drug-likeness (QED) is 0.705. The number of aryl methyl sites for hydroxylation is 1. The molecule has 146 valence electrons. The van der Waals surface area contributed by atoms with Crippen LogP contribution in [-0.2, 0) is 21.5 Å². The maximum Gasteiger partial charge on any atom is 0.229 e. The summed E-state index contributed by atoms with van der Waals surface area (Å²) in [6, 6.07) is 0. The lowest BCUT2D eigenvalue weighted by Gasteiger charge is -2.39. The van der Waals surface area contributed by atoms with Gasteiger partial charge in [-0.3, -0.25) is 4.79 Å². The third kappa shape index (κ3) is 4.05. The van der Waals surface area contributed by atoms with Gasteiger partial charge in [-0.25, -0.2) is 4.98 Å². The van der Waals surface area contributed by atoms with Crippen LogP contribution in [-0.4, -0.2) is 57.3 Å². The standard InChI is InChI=1S/C19H27N5O3/c1-26-13-7-19(18-21-17(27-22-18)15-2-3-15)5-10-24(11-6-19)16(25)4-9-23-12-8-20-14-23/h8,12,14-15H,2-7,9-11,13H2,1H3. The van der Waals surface area contributed by atoms with E-state index >= 15 is 0 Å². The van der Waals surface area contributed by atoms with E-state index in [9.17, 15) is 4.79 Å². The van der Waals surface area contributed by atoms with Gasteiger partial charge in [0.1, 0.15) is 0 Å². The Hall–Kier alpha value is -2.22. The number of carbonyl (C=O) groups excluding carboxylic acids is 1. The molecule has 1 aliphatic heterocycles. The van der Waals surface area contributed by atoms with Gasteiger partial charge < -0.3 is 18.7 Å². The molecule has 0 spiro atoms. The summed E-state index contributed by atoms with van der Waals surface area (Å²) in [5.74, 6) is 2.22. The number of nitrogens with zero attached hydrogens (tertiary/aromatic N) is 5. The maximum atomic E-state index is 12.6. The first-order chi connectivity index (χ1) is 13.2. The number of piperidine rings is 1. The van der Waals surface area contributed by atoms with E-state index in [-0.39, 0.29) is 11.3 Å². The first-order valence-corrected chi connectivity index (χ1v) is 9.77. The Morgan fingerprint density at radius 3 is 2.85 bits per heavy atom. The topological polar surface area (TPSA) is 86.3 Å². The summed E-state index contributed by atoms with van der Waals surface area (Å²) in [6.07, 6.45) is 10.7. The molecule has 0 radical (unpaired) electrons. The van der Waals surface area contributed by atoms with Crippen LogP contribution in [0.1, 0.15) is 56.2 Å². The molecule has 1 saturated heterocycles. The Bertz CT molecular complexity index is 745. The first-order valence-electron chi connectivity index (χ1n) is 9.77. The fourth-order valence-corrected chi connectivity index (χ4v) is 3.82. The molecule has 1 amide bonds. The molecule has 8 nitrogen and oxygen atoms in total. The fraction of sp³-hybridized carbons (Fsp3) is 0.684. The van der Waals surface area contributed by atoms with E-state index in [1.54, 1.807) is 19.6 Å². The molecule has 8 heteroatoms. The third-order valence-corrected chi connectivity index (χ3v) is 5.84. The van der Waals surface area contributed by atoms with E-state index in [4.69, 9.17) is 14.2 Å².